The lowest BCUT2D eigenvalue weighted by molar-refractivity contribution is -0.129. The van der Waals surface area contributed by atoms with Crippen LogP contribution in [0.4, 0.5) is 10.1 Å². The molecule has 0 radical (unpaired) electrons. The van der Waals surface area contributed by atoms with Gasteiger partial charge in [-0.3, -0.25) is 14.5 Å². The second-order valence-corrected chi connectivity index (χ2v) is 12.6. The van der Waals surface area contributed by atoms with Crippen molar-refractivity contribution in [2.24, 2.45) is 11.8 Å². The number of hydrogen-bond acceptors (Lipinski definition) is 5. The van der Waals surface area contributed by atoms with Gasteiger partial charge >= 0.3 is 0 Å². The predicted molar refractivity (Wildman–Crippen MR) is 165 cm³/mol. The van der Waals surface area contributed by atoms with Gasteiger partial charge in [-0.2, -0.15) is 0 Å². The Kier molecular flexibility index (Phi) is 9.84. The minimum absolute atomic E-state index is 0.0143. The van der Waals surface area contributed by atoms with Crippen LogP contribution in [0, 0.1) is 18.8 Å². The molecule has 4 atom stereocenters. The minimum Gasteiger partial charge on any atom is -0.381 e. The van der Waals surface area contributed by atoms with Crippen LogP contribution in [0.15, 0.2) is 36.4 Å². The Bertz CT molecular complexity index is 1250. The van der Waals surface area contributed by atoms with Gasteiger partial charge in [-0.15, -0.1) is 0 Å². The van der Waals surface area contributed by atoms with Crippen molar-refractivity contribution in [2.75, 3.05) is 44.3 Å². The Labute approximate surface area is 250 Å². The van der Waals surface area contributed by atoms with Crippen LogP contribution in [0.25, 0.3) is 11.1 Å². The maximum Gasteiger partial charge on any atom is 0.251 e. The number of ether oxygens (including phenoxy) is 1. The van der Waals surface area contributed by atoms with E-state index in [0.29, 0.717) is 31.1 Å². The highest BCUT2D eigenvalue weighted by Gasteiger charge is 2.33. The van der Waals surface area contributed by atoms with Crippen LogP contribution in [0.2, 0.25) is 0 Å². The van der Waals surface area contributed by atoms with Gasteiger partial charge in [-0.1, -0.05) is 31.2 Å². The van der Waals surface area contributed by atoms with Crippen molar-refractivity contribution in [3.05, 3.63) is 53.1 Å². The van der Waals surface area contributed by atoms with E-state index in [1.165, 1.54) is 0 Å². The lowest BCUT2D eigenvalue weighted by Crippen LogP contribution is -2.50. The fourth-order valence-electron chi connectivity index (χ4n) is 6.99. The Balaban J connectivity index is 1.42. The normalized spacial score (nSPS) is 25.3. The highest BCUT2D eigenvalue weighted by Crippen LogP contribution is 2.34. The molecule has 2 aromatic carbocycles. The van der Waals surface area contributed by atoms with E-state index in [1.807, 2.05) is 19.9 Å². The zero-order valence-electron chi connectivity index (χ0n) is 25.6. The van der Waals surface area contributed by atoms with Gasteiger partial charge in [0.25, 0.3) is 5.91 Å². The number of nitrogens with one attached hydrogen (secondary N) is 2. The van der Waals surface area contributed by atoms with Crippen LogP contribution in [0.3, 0.4) is 0 Å². The molecular formula is C34H47FN4O3. The lowest BCUT2D eigenvalue weighted by atomic mass is 9.84. The number of alkyl halides is 1. The van der Waals surface area contributed by atoms with Gasteiger partial charge in [0.15, 0.2) is 0 Å². The van der Waals surface area contributed by atoms with Crippen molar-refractivity contribution < 1.29 is 18.7 Å². The topological polar surface area (TPSA) is 73.9 Å². The Hall–Kier alpha value is -2.97. The second kappa shape index (κ2) is 13.6. The maximum atomic E-state index is 13.8. The average Bonchev–Trinajstić information content (AvgIpc) is 3.38. The molecule has 3 aliphatic rings. The van der Waals surface area contributed by atoms with Gasteiger partial charge in [-0.25, -0.2) is 4.39 Å². The van der Waals surface area contributed by atoms with Crippen molar-refractivity contribution in [1.29, 1.82) is 0 Å². The minimum atomic E-state index is -0.726. The summed E-state index contributed by atoms with van der Waals surface area (Å²) in [5, 5.41) is 6.14. The second-order valence-electron chi connectivity index (χ2n) is 12.6. The smallest absolute Gasteiger partial charge is 0.251 e. The van der Waals surface area contributed by atoms with Gasteiger partial charge in [0.2, 0.25) is 5.91 Å². The van der Waals surface area contributed by atoms with Gasteiger partial charge in [0, 0.05) is 69.3 Å². The van der Waals surface area contributed by atoms with E-state index in [0.717, 1.165) is 80.1 Å². The summed E-state index contributed by atoms with van der Waals surface area (Å²) in [7, 11) is 0. The fourth-order valence-corrected chi connectivity index (χ4v) is 6.99. The van der Waals surface area contributed by atoms with Crippen LogP contribution >= 0.6 is 0 Å². The molecule has 0 bridgehead atoms. The van der Waals surface area contributed by atoms with Gasteiger partial charge in [-0.05, 0) is 86.8 Å². The third kappa shape index (κ3) is 6.97. The molecule has 3 fully saturated rings. The van der Waals surface area contributed by atoms with Crippen molar-refractivity contribution >= 4 is 17.5 Å². The Morgan fingerprint density at radius 3 is 2.50 bits per heavy atom. The molecular weight excluding hydrogens is 531 g/mol. The third-order valence-corrected chi connectivity index (χ3v) is 9.44. The van der Waals surface area contributed by atoms with Gasteiger partial charge in [0.1, 0.15) is 6.17 Å². The zero-order chi connectivity index (χ0) is 29.8. The first-order valence-corrected chi connectivity index (χ1v) is 15.8. The summed E-state index contributed by atoms with van der Waals surface area (Å²) in [5.41, 5.74) is 5.84. The van der Waals surface area contributed by atoms with Crippen LogP contribution in [-0.2, 0) is 16.1 Å². The number of carbonyl (C=O) groups is 2. The summed E-state index contributed by atoms with van der Waals surface area (Å²) in [5.74, 6) is -0.168. The molecule has 3 unspecified atom stereocenters. The maximum absolute atomic E-state index is 13.8. The molecule has 228 valence electrons. The standard InChI is InChI=1S/C34H47FN4O3/c1-5-39(29-11-14-42-15-12-29)32-18-27(26-8-6-25(7-9-26)20-38-13-10-28(35)21-38)17-30(24(32)4)33(40)36-19-31-22(2)16-23(3)37-34(31)41/h6-9,17-18,22-23,28-29,31H,5,10-16,19-21H2,1-4H3,(H,36,40)(H,37,41)/t22?,23?,28-,31?/m1/s1. The largest absolute Gasteiger partial charge is 0.381 e. The monoisotopic (exact) mass is 578 g/mol. The zero-order valence-corrected chi connectivity index (χ0v) is 25.6. The lowest BCUT2D eigenvalue weighted by Gasteiger charge is -2.37. The summed E-state index contributed by atoms with van der Waals surface area (Å²) >= 11 is 0. The number of anilines is 1. The van der Waals surface area contributed by atoms with Gasteiger partial charge in [0.05, 0.1) is 5.92 Å². The fraction of sp³-hybridized carbons (Fsp3) is 0.588. The number of piperidine rings is 1. The average molecular weight is 579 g/mol. The summed E-state index contributed by atoms with van der Waals surface area (Å²) in [6.45, 7) is 13.0. The highest BCUT2D eigenvalue weighted by molar-refractivity contribution is 5.99. The van der Waals surface area contributed by atoms with Crippen molar-refractivity contribution in [1.82, 2.24) is 15.5 Å². The first-order valence-electron chi connectivity index (χ1n) is 15.8. The highest BCUT2D eigenvalue weighted by atomic mass is 19.1. The first kappa shape index (κ1) is 30.5. The Morgan fingerprint density at radius 2 is 1.86 bits per heavy atom. The molecule has 8 heteroatoms. The summed E-state index contributed by atoms with van der Waals surface area (Å²) < 4.78 is 19.3. The SMILES string of the molecule is CCN(c1cc(-c2ccc(CN3CC[C@@H](F)C3)cc2)cc(C(=O)NCC2C(=O)NC(C)CC2C)c1C)C1CCOCC1. The summed E-state index contributed by atoms with van der Waals surface area (Å²) in [6.07, 6.45) is 2.70. The molecule has 7 nitrogen and oxygen atoms in total. The van der Waals surface area contributed by atoms with Crippen molar-refractivity contribution in [3.63, 3.8) is 0 Å². The van der Waals surface area contributed by atoms with E-state index in [4.69, 9.17) is 4.74 Å². The van der Waals surface area contributed by atoms with E-state index in [2.05, 4.69) is 64.6 Å². The molecule has 2 N–H and O–H groups in total. The molecule has 2 amide bonds. The van der Waals surface area contributed by atoms with E-state index >= 15 is 0 Å². The van der Waals surface area contributed by atoms with E-state index in [1.54, 1.807) is 0 Å². The van der Waals surface area contributed by atoms with Crippen LogP contribution < -0.4 is 15.5 Å². The quantitative estimate of drug-likeness (QED) is 0.433. The van der Waals surface area contributed by atoms with Crippen LogP contribution in [0.5, 0.6) is 0 Å². The summed E-state index contributed by atoms with van der Waals surface area (Å²) in [6, 6.07) is 13.1. The molecule has 0 aromatic heterocycles. The molecule has 0 saturated carbocycles. The molecule has 3 saturated heterocycles. The van der Waals surface area contributed by atoms with E-state index < -0.39 is 6.17 Å². The van der Waals surface area contributed by atoms with Gasteiger partial charge < -0.3 is 20.3 Å². The molecule has 0 spiro atoms. The summed E-state index contributed by atoms with van der Waals surface area (Å²) in [4.78, 5) is 31.0. The number of carbonyl (C=O) groups excluding carboxylic acids is 2. The molecule has 5 rings (SSSR count). The number of nitrogens with zero attached hydrogens (tertiary/aromatic N) is 2. The number of likely N-dealkylation sites (tertiary alicyclic amines) is 1. The molecule has 2 aromatic rings. The number of amides is 2. The number of hydrogen-bond donors (Lipinski definition) is 2. The molecule has 3 heterocycles. The predicted octanol–water partition coefficient (Wildman–Crippen LogP) is 5.10. The third-order valence-electron chi connectivity index (χ3n) is 9.44. The molecule has 3 aliphatic heterocycles. The van der Waals surface area contributed by atoms with Crippen LogP contribution in [-0.4, -0.2) is 74.4 Å². The number of rotatable bonds is 9. The first-order chi connectivity index (χ1) is 20.2. The number of halogens is 1. The molecule has 0 aliphatic carbocycles. The van der Waals surface area contributed by atoms with E-state index in [9.17, 15) is 14.0 Å². The van der Waals surface area contributed by atoms with Crippen molar-refractivity contribution in [3.8, 4) is 11.1 Å². The van der Waals surface area contributed by atoms with Crippen LogP contribution in [0.1, 0.15) is 67.9 Å². The molecule has 42 heavy (non-hydrogen) atoms. The Morgan fingerprint density at radius 1 is 1.12 bits per heavy atom. The van der Waals surface area contributed by atoms with E-state index in [-0.39, 0.29) is 29.7 Å². The number of benzene rings is 2. The van der Waals surface area contributed by atoms with Crippen molar-refractivity contribution in [2.45, 2.75) is 78.2 Å².